The number of carbonyl (C=O) groups excluding carboxylic acids is 1. The van der Waals surface area contributed by atoms with Crippen molar-refractivity contribution in [3.05, 3.63) is 74.2 Å². The second-order valence-corrected chi connectivity index (χ2v) is 9.48. The van der Waals surface area contributed by atoms with Crippen LogP contribution in [0.25, 0.3) is 0 Å². The van der Waals surface area contributed by atoms with E-state index in [4.69, 9.17) is 0 Å². The maximum absolute atomic E-state index is 13.5. The maximum atomic E-state index is 13.5. The van der Waals surface area contributed by atoms with Crippen LogP contribution >= 0.6 is 15.9 Å². The van der Waals surface area contributed by atoms with Gasteiger partial charge in [0.15, 0.2) is 0 Å². The first-order valence-corrected chi connectivity index (χ1v) is 11.3. The molecule has 0 aromatic heterocycles. The number of fused-ring (bicyclic) bond motifs is 1. The molecule has 0 unspecified atom stereocenters. The van der Waals surface area contributed by atoms with Crippen LogP contribution in [0.2, 0.25) is 0 Å². The minimum absolute atomic E-state index is 0.00292. The summed E-state index contributed by atoms with van der Waals surface area (Å²) in [6, 6.07) is 14.2. The Hall–Kier alpha value is -2.29. The predicted octanol–water partition coefficient (Wildman–Crippen LogP) is 3.90. The van der Waals surface area contributed by atoms with Crippen LogP contribution in [0.3, 0.4) is 0 Å². The van der Waals surface area contributed by atoms with Crippen LogP contribution in [-0.4, -0.2) is 51.0 Å². The summed E-state index contributed by atoms with van der Waals surface area (Å²) < 4.78 is 0.994. The average Bonchev–Trinajstić information content (AvgIpc) is 2.84. The van der Waals surface area contributed by atoms with Crippen molar-refractivity contribution in [2.75, 3.05) is 13.1 Å². The van der Waals surface area contributed by atoms with Crippen molar-refractivity contribution in [1.29, 1.82) is 0 Å². The highest BCUT2D eigenvalue weighted by atomic mass is 79.9. The molecule has 2 saturated heterocycles. The van der Waals surface area contributed by atoms with Gasteiger partial charge in [-0.05, 0) is 42.0 Å². The highest BCUT2D eigenvalue weighted by molar-refractivity contribution is 9.10. The summed E-state index contributed by atoms with van der Waals surface area (Å²) in [6.45, 7) is 3.08. The van der Waals surface area contributed by atoms with Gasteiger partial charge in [-0.15, -0.1) is 0 Å². The molecular formula is C23H26BrN3O4. The lowest BCUT2D eigenvalue weighted by molar-refractivity contribution is -0.384. The van der Waals surface area contributed by atoms with Crippen molar-refractivity contribution in [3.63, 3.8) is 0 Å². The molecule has 1 N–H and O–H groups in total. The van der Waals surface area contributed by atoms with Crippen LogP contribution in [0.5, 0.6) is 0 Å². The SMILES string of the molecule is C[C@@H]1CC[C@H]2C(=O)N(Cc3cccc([N+](=O)[O-])c3)C[C@@H](O)CN2[C@H]1c1cccc(Br)c1. The number of nitro groups is 1. The molecule has 2 heterocycles. The minimum atomic E-state index is -0.687. The summed E-state index contributed by atoms with van der Waals surface area (Å²) in [5.41, 5.74) is 1.83. The number of piperidine rings is 1. The fourth-order valence-electron chi connectivity index (χ4n) is 4.97. The maximum Gasteiger partial charge on any atom is 0.269 e. The van der Waals surface area contributed by atoms with Crippen molar-refractivity contribution >= 4 is 27.5 Å². The van der Waals surface area contributed by atoms with Crippen molar-refractivity contribution in [2.45, 2.75) is 44.5 Å². The number of amides is 1. The third-order valence-electron chi connectivity index (χ3n) is 6.33. The molecule has 0 bridgehead atoms. The fraction of sp³-hybridized carbons (Fsp3) is 0.435. The largest absolute Gasteiger partial charge is 0.390 e. The van der Waals surface area contributed by atoms with Crippen LogP contribution in [0.4, 0.5) is 5.69 Å². The van der Waals surface area contributed by atoms with Crippen molar-refractivity contribution in [2.24, 2.45) is 5.92 Å². The molecule has 2 fully saturated rings. The van der Waals surface area contributed by atoms with E-state index in [9.17, 15) is 20.0 Å². The number of β-amino-alcohol motifs (C(OH)–C–C–N with tert-alkyl or cyclic N) is 1. The molecule has 164 valence electrons. The zero-order valence-electron chi connectivity index (χ0n) is 17.4. The van der Waals surface area contributed by atoms with Gasteiger partial charge in [0, 0.05) is 42.3 Å². The highest BCUT2D eigenvalue weighted by Crippen LogP contribution is 2.41. The van der Waals surface area contributed by atoms with Crippen LogP contribution in [0.15, 0.2) is 53.0 Å². The summed E-state index contributed by atoms with van der Waals surface area (Å²) >= 11 is 3.55. The molecule has 2 aromatic rings. The zero-order chi connectivity index (χ0) is 22.1. The van der Waals surface area contributed by atoms with E-state index in [2.05, 4.69) is 39.9 Å². The van der Waals surface area contributed by atoms with Gasteiger partial charge in [-0.1, -0.05) is 47.1 Å². The number of non-ortho nitro benzene ring substituents is 1. The predicted molar refractivity (Wildman–Crippen MR) is 120 cm³/mol. The lowest BCUT2D eigenvalue weighted by atomic mass is 9.82. The van der Waals surface area contributed by atoms with Crippen molar-refractivity contribution < 1.29 is 14.8 Å². The van der Waals surface area contributed by atoms with Gasteiger partial charge in [-0.25, -0.2) is 0 Å². The number of rotatable bonds is 4. The molecule has 0 aliphatic carbocycles. The van der Waals surface area contributed by atoms with E-state index in [1.165, 1.54) is 12.1 Å². The molecule has 2 aliphatic rings. The Balaban J connectivity index is 1.61. The van der Waals surface area contributed by atoms with Gasteiger partial charge in [0.2, 0.25) is 5.91 Å². The fourth-order valence-corrected chi connectivity index (χ4v) is 5.39. The number of nitro benzene ring substituents is 1. The number of halogens is 1. The second-order valence-electron chi connectivity index (χ2n) is 8.57. The van der Waals surface area contributed by atoms with Crippen molar-refractivity contribution in [3.8, 4) is 0 Å². The monoisotopic (exact) mass is 487 g/mol. The van der Waals surface area contributed by atoms with Gasteiger partial charge in [0.25, 0.3) is 5.69 Å². The van der Waals surface area contributed by atoms with E-state index in [0.717, 1.165) is 22.9 Å². The first-order valence-electron chi connectivity index (χ1n) is 10.5. The number of aliphatic hydroxyl groups excluding tert-OH is 1. The van der Waals surface area contributed by atoms with E-state index in [1.807, 2.05) is 12.1 Å². The molecule has 0 saturated carbocycles. The summed E-state index contributed by atoms with van der Waals surface area (Å²) in [5.74, 6) is 0.337. The number of hydrogen-bond donors (Lipinski definition) is 1. The first-order chi connectivity index (χ1) is 14.8. The molecule has 4 rings (SSSR count). The normalized spacial score (nSPS) is 26.9. The van der Waals surface area contributed by atoms with Crippen LogP contribution < -0.4 is 0 Å². The minimum Gasteiger partial charge on any atom is -0.390 e. The topological polar surface area (TPSA) is 86.9 Å². The van der Waals surface area contributed by atoms with Gasteiger partial charge < -0.3 is 10.0 Å². The summed E-state index contributed by atoms with van der Waals surface area (Å²) in [6.07, 6.45) is 0.973. The molecular weight excluding hydrogens is 462 g/mol. The quantitative estimate of drug-likeness (QED) is 0.521. The van der Waals surface area contributed by atoms with E-state index in [-0.39, 0.29) is 36.8 Å². The van der Waals surface area contributed by atoms with E-state index >= 15 is 0 Å². The van der Waals surface area contributed by atoms with Gasteiger partial charge >= 0.3 is 0 Å². The Labute approximate surface area is 189 Å². The second kappa shape index (κ2) is 9.06. The zero-order valence-corrected chi connectivity index (χ0v) is 18.9. The number of benzene rings is 2. The third kappa shape index (κ3) is 4.66. The molecule has 7 nitrogen and oxygen atoms in total. The first kappa shape index (κ1) is 21.9. The van der Waals surface area contributed by atoms with Gasteiger partial charge in [0.1, 0.15) is 0 Å². The Morgan fingerprint density at radius 1 is 1.16 bits per heavy atom. The average molecular weight is 488 g/mol. The molecule has 31 heavy (non-hydrogen) atoms. The van der Waals surface area contributed by atoms with Gasteiger partial charge in [-0.2, -0.15) is 0 Å². The summed E-state index contributed by atoms with van der Waals surface area (Å²) in [4.78, 5) is 28.0. The third-order valence-corrected chi connectivity index (χ3v) is 6.82. The Morgan fingerprint density at radius 3 is 2.68 bits per heavy atom. The number of hydrogen-bond acceptors (Lipinski definition) is 5. The molecule has 0 spiro atoms. The summed E-state index contributed by atoms with van der Waals surface area (Å²) in [7, 11) is 0. The van der Waals surface area contributed by atoms with Crippen molar-refractivity contribution in [1.82, 2.24) is 9.80 Å². The lowest BCUT2D eigenvalue weighted by Crippen LogP contribution is -2.51. The molecule has 2 aliphatic heterocycles. The Kier molecular flexibility index (Phi) is 6.41. The van der Waals surface area contributed by atoms with E-state index in [1.54, 1.807) is 17.0 Å². The van der Waals surface area contributed by atoms with Crippen LogP contribution in [0, 0.1) is 16.0 Å². The van der Waals surface area contributed by atoms with Gasteiger partial charge in [-0.3, -0.25) is 19.8 Å². The van der Waals surface area contributed by atoms with E-state index < -0.39 is 11.0 Å². The molecule has 8 heteroatoms. The van der Waals surface area contributed by atoms with Gasteiger partial charge in [0.05, 0.1) is 17.1 Å². The number of carbonyl (C=O) groups is 1. The highest BCUT2D eigenvalue weighted by Gasteiger charge is 2.44. The number of aliphatic hydroxyl groups is 1. The van der Waals surface area contributed by atoms with Crippen LogP contribution in [0.1, 0.15) is 36.9 Å². The van der Waals surface area contributed by atoms with Crippen LogP contribution in [-0.2, 0) is 11.3 Å². The smallest absolute Gasteiger partial charge is 0.269 e. The molecule has 2 aromatic carbocycles. The Bertz CT molecular complexity index is 985. The molecule has 4 atom stereocenters. The summed E-state index contributed by atoms with van der Waals surface area (Å²) in [5, 5.41) is 21.9. The standard InChI is InChI=1S/C23H26BrN3O4/c1-15-8-9-21-23(29)25(12-16-4-2-7-19(10-16)27(30)31)13-20(28)14-26(21)22(15)17-5-3-6-18(24)11-17/h2-7,10-11,15,20-22,28H,8-9,12-14H2,1H3/t15-,20-,21+,22-/m1/s1. The lowest BCUT2D eigenvalue weighted by Gasteiger charge is -2.44. The molecule has 0 radical (unpaired) electrons. The Morgan fingerprint density at radius 2 is 1.94 bits per heavy atom. The van der Waals surface area contributed by atoms with E-state index in [0.29, 0.717) is 18.0 Å². The number of nitrogens with zero attached hydrogens (tertiary/aromatic N) is 3. The molecule has 1 amide bonds.